The van der Waals surface area contributed by atoms with Crippen LogP contribution in [0.4, 0.5) is 5.69 Å². The molecule has 0 radical (unpaired) electrons. The molecule has 38 heavy (non-hydrogen) atoms. The third-order valence-corrected chi connectivity index (χ3v) is 7.46. The van der Waals surface area contributed by atoms with E-state index in [1.807, 2.05) is 6.07 Å². The highest BCUT2D eigenvalue weighted by Gasteiger charge is 2.24. The van der Waals surface area contributed by atoms with E-state index >= 15 is 0 Å². The Balaban J connectivity index is 1.28. The average Bonchev–Trinajstić information content (AvgIpc) is 3.73. The summed E-state index contributed by atoms with van der Waals surface area (Å²) in [5, 5.41) is 11.6. The van der Waals surface area contributed by atoms with Gasteiger partial charge in [-0.1, -0.05) is 24.1 Å². The van der Waals surface area contributed by atoms with Gasteiger partial charge in [-0.25, -0.2) is 4.85 Å². The predicted octanol–water partition coefficient (Wildman–Crippen LogP) is 6.37. The van der Waals surface area contributed by atoms with Crippen LogP contribution in [0.15, 0.2) is 42.6 Å². The second kappa shape index (κ2) is 12.1. The number of hydrogen-bond acceptors (Lipinski definition) is 6. The number of ether oxygens (including phenoxy) is 2. The summed E-state index contributed by atoms with van der Waals surface area (Å²) in [7, 11) is 0. The number of ketones is 1. The van der Waals surface area contributed by atoms with Gasteiger partial charge >= 0.3 is 0 Å². The molecule has 1 saturated carbocycles. The molecule has 1 aliphatic carbocycles. The van der Waals surface area contributed by atoms with Gasteiger partial charge in [-0.05, 0) is 80.6 Å². The Kier molecular flexibility index (Phi) is 8.43. The lowest BCUT2D eigenvalue weighted by Gasteiger charge is -2.28. The summed E-state index contributed by atoms with van der Waals surface area (Å²) in [5.74, 6) is 2.22. The smallest absolute Gasteiger partial charge is 0.229 e. The third kappa shape index (κ3) is 6.82. The second-order valence-electron chi connectivity index (χ2n) is 10.3. The molecule has 1 atom stereocenters. The topological polar surface area (TPSA) is 76.2 Å². The fraction of sp³-hybridized carbons (Fsp3) is 0.433. The molecule has 7 nitrogen and oxygen atoms in total. The van der Waals surface area contributed by atoms with Crippen LogP contribution in [0.3, 0.4) is 0 Å². The van der Waals surface area contributed by atoms with Crippen LogP contribution in [0.1, 0.15) is 44.1 Å². The number of carbonyl (C=O) groups excluding carboxylic acids is 1. The van der Waals surface area contributed by atoms with Crippen LogP contribution in [-0.4, -0.2) is 53.1 Å². The Bertz CT molecular complexity index is 1350. The minimum atomic E-state index is -0.637. The first-order valence-electron chi connectivity index (χ1n) is 13.3. The van der Waals surface area contributed by atoms with Crippen molar-refractivity contribution < 1.29 is 19.4 Å². The number of pyridine rings is 1. The van der Waals surface area contributed by atoms with Gasteiger partial charge in [0.15, 0.2) is 0 Å². The van der Waals surface area contributed by atoms with E-state index in [1.54, 1.807) is 36.5 Å². The number of halogens is 1. The first-order valence-corrected chi connectivity index (χ1v) is 13.7. The van der Waals surface area contributed by atoms with Crippen molar-refractivity contribution in [3.63, 3.8) is 0 Å². The maximum absolute atomic E-state index is 12.3. The van der Waals surface area contributed by atoms with Gasteiger partial charge in [-0.15, -0.1) is 0 Å². The Morgan fingerprint density at radius 2 is 1.97 bits per heavy atom. The minimum Gasteiger partial charge on any atom is -0.502 e. The fourth-order valence-corrected chi connectivity index (χ4v) is 5.14. The quantitative estimate of drug-likeness (QED) is 0.289. The summed E-state index contributed by atoms with van der Waals surface area (Å²) in [6.07, 6.45) is 7.82. The lowest BCUT2D eigenvalue weighted by molar-refractivity contribution is -0.118. The van der Waals surface area contributed by atoms with Crippen molar-refractivity contribution in [2.75, 3.05) is 26.2 Å². The number of piperidine rings is 1. The summed E-state index contributed by atoms with van der Waals surface area (Å²) in [6.45, 7) is 10.3. The van der Waals surface area contributed by atoms with Gasteiger partial charge in [-0.2, -0.15) is 0 Å². The van der Waals surface area contributed by atoms with Gasteiger partial charge < -0.3 is 19.5 Å². The molecule has 3 aromatic rings. The molecule has 2 heterocycles. The molecule has 1 aliphatic heterocycles. The maximum Gasteiger partial charge on any atom is 0.229 e. The molecule has 1 aromatic heterocycles. The van der Waals surface area contributed by atoms with Crippen molar-refractivity contribution in [1.82, 2.24) is 9.88 Å². The Morgan fingerprint density at radius 1 is 1.16 bits per heavy atom. The summed E-state index contributed by atoms with van der Waals surface area (Å²) >= 11 is 6.48. The number of Topliss-reactive ketones (excluding diaryl/α,β-unsaturated/α-hetero) is 1. The number of carbonyl (C=O) groups is 1. The molecule has 2 aromatic carbocycles. The van der Waals surface area contributed by atoms with Gasteiger partial charge in [0.1, 0.15) is 35.7 Å². The van der Waals surface area contributed by atoms with Crippen molar-refractivity contribution in [2.24, 2.45) is 5.92 Å². The number of hydrogen-bond donors (Lipinski definition) is 1. The Hall–Kier alpha value is -3.18. The van der Waals surface area contributed by atoms with E-state index in [0.29, 0.717) is 64.2 Å². The number of rotatable bonds is 11. The molecule has 0 spiro atoms. The van der Waals surface area contributed by atoms with Crippen LogP contribution in [0.25, 0.3) is 15.7 Å². The molecular weight excluding hydrogens is 502 g/mol. The number of β-amino-alcohol motifs (C(OH)–C–C–N with tert-alkyl or cyclic N) is 1. The van der Waals surface area contributed by atoms with Crippen molar-refractivity contribution >= 4 is 34.0 Å². The molecule has 1 saturated heterocycles. The van der Waals surface area contributed by atoms with Crippen LogP contribution < -0.4 is 9.47 Å². The summed E-state index contributed by atoms with van der Waals surface area (Å²) in [4.78, 5) is 22.6. The van der Waals surface area contributed by atoms with Crippen molar-refractivity contribution in [1.29, 1.82) is 0 Å². The third-order valence-electron chi connectivity index (χ3n) is 7.10. The van der Waals surface area contributed by atoms with E-state index in [0.717, 1.165) is 44.3 Å². The van der Waals surface area contributed by atoms with Crippen LogP contribution >= 0.6 is 11.6 Å². The lowest BCUT2D eigenvalue weighted by atomic mass is 10.0. The van der Waals surface area contributed by atoms with E-state index < -0.39 is 6.10 Å². The summed E-state index contributed by atoms with van der Waals surface area (Å²) in [6, 6.07) is 10.5. The van der Waals surface area contributed by atoms with Crippen molar-refractivity contribution in [3.05, 3.63) is 64.6 Å². The van der Waals surface area contributed by atoms with Crippen LogP contribution in [0.2, 0.25) is 5.02 Å². The molecule has 0 amide bonds. The number of aliphatic hydroxyl groups is 1. The summed E-state index contributed by atoms with van der Waals surface area (Å²) < 4.78 is 12.0. The fourth-order valence-electron chi connectivity index (χ4n) is 4.90. The lowest BCUT2D eigenvalue weighted by Crippen LogP contribution is -2.38. The molecule has 2 fully saturated rings. The van der Waals surface area contributed by atoms with E-state index in [1.165, 1.54) is 6.42 Å². The highest BCUT2D eigenvalue weighted by atomic mass is 35.5. The second-order valence-corrected chi connectivity index (χ2v) is 10.7. The highest BCUT2D eigenvalue weighted by molar-refractivity contribution is 6.31. The van der Waals surface area contributed by atoms with Gasteiger partial charge in [0, 0.05) is 36.0 Å². The zero-order chi connectivity index (χ0) is 26.5. The van der Waals surface area contributed by atoms with Gasteiger partial charge in [-0.3, -0.25) is 9.78 Å². The standard InChI is InChI=1S/C30H32ClN3O4/c1-32-28-16-25-27(17-30(28)37-19-23(36)18-34-11-3-2-4-12-34)33-10-9-29(25)38-24-8-7-21(26(31)15-24)14-22(35)13-20-5-6-20/h7-10,15-17,20,23,36H,2-6,11-14,18-19H2/t23-/m1/s1. The predicted molar refractivity (Wildman–Crippen MR) is 147 cm³/mol. The van der Waals surface area contributed by atoms with Crippen molar-refractivity contribution in [2.45, 2.75) is 51.0 Å². The van der Waals surface area contributed by atoms with E-state index in [2.05, 4.69) is 14.7 Å². The molecule has 1 N–H and O–H groups in total. The van der Waals surface area contributed by atoms with Gasteiger partial charge in [0.2, 0.25) is 5.69 Å². The number of benzene rings is 2. The largest absolute Gasteiger partial charge is 0.502 e. The van der Waals surface area contributed by atoms with Crippen LogP contribution in [0, 0.1) is 12.5 Å². The molecule has 0 bridgehead atoms. The monoisotopic (exact) mass is 533 g/mol. The van der Waals surface area contributed by atoms with Crippen LogP contribution in [-0.2, 0) is 11.2 Å². The SMILES string of the molecule is [C-]#[N+]c1cc2c(Oc3ccc(CC(=O)CC4CC4)c(Cl)c3)ccnc2cc1OC[C@H](O)CN1CCCCC1. The van der Waals surface area contributed by atoms with E-state index in [-0.39, 0.29) is 12.4 Å². The number of fused-ring (bicyclic) bond motifs is 1. The number of aliphatic hydroxyl groups excluding tert-OH is 1. The first kappa shape index (κ1) is 26.4. The van der Waals surface area contributed by atoms with Gasteiger partial charge in [0.25, 0.3) is 0 Å². The number of likely N-dealkylation sites (tertiary alicyclic amines) is 1. The molecule has 2 aliphatic rings. The van der Waals surface area contributed by atoms with Crippen LogP contribution in [0.5, 0.6) is 17.2 Å². The highest BCUT2D eigenvalue weighted by Crippen LogP contribution is 2.38. The molecule has 198 valence electrons. The molecule has 8 heteroatoms. The zero-order valence-corrected chi connectivity index (χ0v) is 22.1. The Morgan fingerprint density at radius 3 is 2.71 bits per heavy atom. The number of nitrogens with zero attached hydrogens (tertiary/aromatic N) is 3. The first-order chi connectivity index (χ1) is 18.5. The zero-order valence-electron chi connectivity index (χ0n) is 21.4. The van der Waals surface area contributed by atoms with Crippen molar-refractivity contribution in [3.8, 4) is 17.2 Å². The maximum atomic E-state index is 12.3. The minimum absolute atomic E-state index is 0.106. The molecule has 0 unspecified atom stereocenters. The van der Waals surface area contributed by atoms with E-state index in [9.17, 15) is 9.90 Å². The Labute approximate surface area is 228 Å². The average molecular weight is 534 g/mol. The van der Waals surface area contributed by atoms with Gasteiger partial charge in [0.05, 0.1) is 12.1 Å². The number of aromatic nitrogens is 1. The molecule has 5 rings (SSSR count). The summed E-state index contributed by atoms with van der Waals surface area (Å²) in [5.41, 5.74) is 1.73. The van der Waals surface area contributed by atoms with E-state index in [4.69, 9.17) is 27.6 Å². The normalized spacial score (nSPS) is 16.7. The molecular formula is C30H32ClN3O4.